The lowest BCUT2D eigenvalue weighted by atomic mass is 10.2. The molecule has 0 aliphatic rings. The van der Waals surface area contributed by atoms with Crippen molar-refractivity contribution in [3.63, 3.8) is 0 Å². The summed E-state index contributed by atoms with van der Waals surface area (Å²) >= 11 is 0. The van der Waals surface area contributed by atoms with E-state index in [4.69, 9.17) is 5.73 Å². The van der Waals surface area contributed by atoms with Crippen LogP contribution in [-0.4, -0.2) is 15.5 Å². The van der Waals surface area contributed by atoms with E-state index in [1.165, 1.54) is 6.20 Å². The van der Waals surface area contributed by atoms with Crippen molar-refractivity contribution < 1.29 is 4.79 Å². The van der Waals surface area contributed by atoms with E-state index in [0.29, 0.717) is 12.2 Å². The second-order valence-corrected chi connectivity index (χ2v) is 3.74. The SMILES string of the molecule is Cn1cncc1C(=O)Nc1ccc(CN)cc1. The van der Waals surface area contributed by atoms with Gasteiger partial charge in [0.05, 0.1) is 12.5 Å². The van der Waals surface area contributed by atoms with Crippen molar-refractivity contribution in [2.75, 3.05) is 5.32 Å². The molecule has 1 aromatic carbocycles. The summed E-state index contributed by atoms with van der Waals surface area (Å²) in [6, 6.07) is 7.44. The van der Waals surface area contributed by atoms with E-state index < -0.39 is 0 Å². The molecule has 0 aliphatic carbocycles. The van der Waals surface area contributed by atoms with Gasteiger partial charge in [-0.2, -0.15) is 0 Å². The number of benzene rings is 1. The van der Waals surface area contributed by atoms with Gasteiger partial charge in [-0.15, -0.1) is 0 Å². The number of nitrogens with one attached hydrogen (secondary N) is 1. The molecule has 2 aromatic rings. The van der Waals surface area contributed by atoms with E-state index in [1.54, 1.807) is 17.9 Å². The van der Waals surface area contributed by atoms with E-state index in [1.807, 2.05) is 24.3 Å². The summed E-state index contributed by atoms with van der Waals surface area (Å²) in [7, 11) is 1.78. The van der Waals surface area contributed by atoms with Gasteiger partial charge >= 0.3 is 0 Å². The zero-order valence-electron chi connectivity index (χ0n) is 9.55. The summed E-state index contributed by atoms with van der Waals surface area (Å²) in [5.74, 6) is -0.175. The highest BCUT2D eigenvalue weighted by Gasteiger charge is 2.09. The molecule has 0 unspecified atom stereocenters. The van der Waals surface area contributed by atoms with Crippen LogP contribution in [0.3, 0.4) is 0 Å². The summed E-state index contributed by atoms with van der Waals surface area (Å²) < 4.78 is 1.67. The molecule has 5 heteroatoms. The molecule has 1 heterocycles. The minimum absolute atomic E-state index is 0.175. The highest BCUT2D eigenvalue weighted by atomic mass is 16.1. The number of nitrogens with two attached hydrogens (primary N) is 1. The standard InChI is InChI=1S/C12H14N4O/c1-16-8-14-7-11(16)12(17)15-10-4-2-9(6-13)3-5-10/h2-5,7-8H,6,13H2,1H3,(H,15,17). The number of carbonyl (C=O) groups is 1. The largest absolute Gasteiger partial charge is 0.330 e. The zero-order chi connectivity index (χ0) is 12.3. The molecule has 0 spiro atoms. The highest BCUT2D eigenvalue weighted by Crippen LogP contribution is 2.10. The molecule has 5 nitrogen and oxygen atoms in total. The quantitative estimate of drug-likeness (QED) is 0.830. The third-order valence-electron chi connectivity index (χ3n) is 2.50. The summed E-state index contributed by atoms with van der Waals surface area (Å²) in [6.45, 7) is 0.496. The van der Waals surface area contributed by atoms with Crippen molar-refractivity contribution in [1.29, 1.82) is 0 Å². The van der Waals surface area contributed by atoms with Crippen LogP contribution in [0.2, 0.25) is 0 Å². The molecule has 1 aromatic heterocycles. The van der Waals surface area contributed by atoms with Crippen molar-refractivity contribution >= 4 is 11.6 Å². The minimum Gasteiger partial charge on any atom is -0.330 e. The Morgan fingerprint density at radius 1 is 1.41 bits per heavy atom. The normalized spacial score (nSPS) is 10.2. The van der Waals surface area contributed by atoms with Crippen LogP contribution in [0.1, 0.15) is 16.1 Å². The Kier molecular flexibility index (Phi) is 3.20. The number of anilines is 1. The van der Waals surface area contributed by atoms with E-state index >= 15 is 0 Å². The Labute approximate surface area is 99.3 Å². The van der Waals surface area contributed by atoms with Crippen LogP contribution in [0, 0.1) is 0 Å². The number of nitrogens with zero attached hydrogens (tertiary/aromatic N) is 2. The first kappa shape index (κ1) is 11.3. The number of rotatable bonds is 3. The van der Waals surface area contributed by atoms with Crippen LogP contribution in [0.4, 0.5) is 5.69 Å². The third kappa shape index (κ3) is 2.51. The van der Waals surface area contributed by atoms with Crippen LogP contribution in [0.25, 0.3) is 0 Å². The third-order valence-corrected chi connectivity index (χ3v) is 2.50. The Bertz CT molecular complexity index is 516. The van der Waals surface area contributed by atoms with Crippen LogP contribution in [-0.2, 0) is 13.6 Å². The summed E-state index contributed by atoms with van der Waals surface area (Å²) in [4.78, 5) is 15.8. The first-order valence-corrected chi connectivity index (χ1v) is 5.27. The minimum atomic E-state index is -0.175. The van der Waals surface area contributed by atoms with Gasteiger partial charge in [-0.3, -0.25) is 4.79 Å². The predicted octanol–water partition coefficient (Wildman–Crippen LogP) is 1.13. The maximum Gasteiger partial charge on any atom is 0.273 e. The van der Waals surface area contributed by atoms with Gasteiger partial charge in [-0.1, -0.05) is 12.1 Å². The number of hydrogen-bond acceptors (Lipinski definition) is 3. The topological polar surface area (TPSA) is 72.9 Å². The smallest absolute Gasteiger partial charge is 0.273 e. The molecule has 0 aliphatic heterocycles. The Morgan fingerprint density at radius 3 is 2.65 bits per heavy atom. The second-order valence-electron chi connectivity index (χ2n) is 3.74. The highest BCUT2D eigenvalue weighted by molar-refractivity contribution is 6.02. The van der Waals surface area contributed by atoms with Gasteiger partial charge in [0.15, 0.2) is 0 Å². The number of carbonyl (C=O) groups excluding carboxylic acids is 1. The van der Waals surface area contributed by atoms with E-state index in [2.05, 4.69) is 10.3 Å². The van der Waals surface area contributed by atoms with Crippen LogP contribution < -0.4 is 11.1 Å². The molecule has 0 bridgehead atoms. The first-order chi connectivity index (χ1) is 8.20. The Morgan fingerprint density at radius 2 is 2.12 bits per heavy atom. The monoisotopic (exact) mass is 230 g/mol. The number of amides is 1. The van der Waals surface area contributed by atoms with Gasteiger partial charge in [-0.05, 0) is 17.7 Å². The Balaban J connectivity index is 2.10. The van der Waals surface area contributed by atoms with Gasteiger partial charge < -0.3 is 15.6 Å². The van der Waals surface area contributed by atoms with E-state index in [-0.39, 0.29) is 5.91 Å². The lowest BCUT2D eigenvalue weighted by Gasteiger charge is -2.06. The Hall–Kier alpha value is -2.14. The number of imidazole rings is 1. The number of hydrogen-bond donors (Lipinski definition) is 2. The summed E-state index contributed by atoms with van der Waals surface area (Å²) in [6.07, 6.45) is 3.12. The van der Waals surface area contributed by atoms with Crippen molar-refractivity contribution in [3.8, 4) is 0 Å². The molecule has 3 N–H and O–H groups in total. The van der Waals surface area contributed by atoms with Gasteiger partial charge in [0.25, 0.3) is 5.91 Å². The van der Waals surface area contributed by atoms with E-state index in [9.17, 15) is 4.79 Å². The second kappa shape index (κ2) is 4.80. The molecule has 0 atom stereocenters. The van der Waals surface area contributed by atoms with Gasteiger partial charge in [0, 0.05) is 19.3 Å². The molecule has 17 heavy (non-hydrogen) atoms. The first-order valence-electron chi connectivity index (χ1n) is 5.27. The van der Waals surface area contributed by atoms with Gasteiger partial charge in [0.1, 0.15) is 5.69 Å². The molecule has 0 saturated carbocycles. The molecule has 88 valence electrons. The lowest BCUT2D eigenvalue weighted by molar-refractivity contribution is 0.101. The number of aryl methyl sites for hydroxylation is 1. The number of aromatic nitrogens is 2. The van der Waals surface area contributed by atoms with Crippen molar-refractivity contribution in [2.45, 2.75) is 6.54 Å². The fourth-order valence-corrected chi connectivity index (χ4v) is 1.50. The summed E-state index contributed by atoms with van der Waals surface area (Å²) in [5, 5.41) is 2.80. The predicted molar refractivity (Wildman–Crippen MR) is 65.5 cm³/mol. The fourth-order valence-electron chi connectivity index (χ4n) is 1.50. The van der Waals surface area contributed by atoms with Crippen LogP contribution >= 0.6 is 0 Å². The lowest BCUT2D eigenvalue weighted by Crippen LogP contribution is -2.15. The average molecular weight is 230 g/mol. The molecule has 0 fully saturated rings. The molecular formula is C12H14N4O. The average Bonchev–Trinajstić information content (AvgIpc) is 2.76. The van der Waals surface area contributed by atoms with Crippen LogP contribution in [0.5, 0.6) is 0 Å². The fraction of sp³-hybridized carbons (Fsp3) is 0.167. The van der Waals surface area contributed by atoms with E-state index in [0.717, 1.165) is 11.3 Å². The van der Waals surface area contributed by atoms with Crippen molar-refractivity contribution in [2.24, 2.45) is 12.8 Å². The van der Waals surface area contributed by atoms with Crippen molar-refractivity contribution in [3.05, 3.63) is 48.0 Å². The molecule has 0 saturated heterocycles. The van der Waals surface area contributed by atoms with Gasteiger partial charge in [-0.25, -0.2) is 4.98 Å². The zero-order valence-corrected chi connectivity index (χ0v) is 9.55. The maximum atomic E-state index is 11.9. The maximum absolute atomic E-state index is 11.9. The molecule has 1 amide bonds. The van der Waals surface area contributed by atoms with Gasteiger partial charge in [0.2, 0.25) is 0 Å². The van der Waals surface area contributed by atoms with Crippen molar-refractivity contribution in [1.82, 2.24) is 9.55 Å². The van der Waals surface area contributed by atoms with Crippen LogP contribution in [0.15, 0.2) is 36.8 Å². The molecular weight excluding hydrogens is 216 g/mol. The molecule has 0 radical (unpaired) electrons. The summed E-state index contributed by atoms with van der Waals surface area (Å²) in [5.41, 5.74) is 7.80. The molecule has 2 rings (SSSR count).